The Morgan fingerprint density at radius 3 is 3.00 bits per heavy atom. The number of hydrogen-bond donors (Lipinski definition) is 3. The highest BCUT2D eigenvalue weighted by Gasteiger charge is 2.17. The second-order valence-corrected chi connectivity index (χ2v) is 6.07. The molecule has 1 aliphatic rings. The fourth-order valence-corrected chi connectivity index (χ4v) is 3.14. The lowest BCUT2D eigenvalue weighted by atomic mass is 10.1. The number of carbonyl (C=O) groups is 2. The van der Waals surface area contributed by atoms with Crippen molar-refractivity contribution in [2.24, 2.45) is 0 Å². The quantitative estimate of drug-likeness (QED) is 0.770. The third-order valence-corrected chi connectivity index (χ3v) is 4.31. The van der Waals surface area contributed by atoms with Gasteiger partial charge in [-0.1, -0.05) is 6.07 Å². The summed E-state index contributed by atoms with van der Waals surface area (Å²) in [5.41, 5.74) is 1.22. The third kappa shape index (κ3) is 5.06. The molecule has 114 valence electrons. The lowest BCUT2D eigenvalue weighted by Crippen LogP contribution is -2.39. The molecule has 0 spiro atoms. The van der Waals surface area contributed by atoms with Gasteiger partial charge in [0, 0.05) is 48.3 Å². The Bertz CT molecular complexity index is 501. The highest BCUT2D eigenvalue weighted by atomic mass is 32.2. The molecule has 1 aromatic carbocycles. The molecule has 0 radical (unpaired) electrons. The Kier molecular flexibility index (Phi) is 6.07. The van der Waals surface area contributed by atoms with Crippen LogP contribution in [0.25, 0.3) is 0 Å². The number of amides is 2. The average Bonchev–Trinajstić information content (AvgIpc) is 2.48. The van der Waals surface area contributed by atoms with E-state index in [1.165, 1.54) is 0 Å². The maximum Gasteiger partial charge on any atom is 0.251 e. The van der Waals surface area contributed by atoms with E-state index >= 15 is 0 Å². The first-order valence-electron chi connectivity index (χ1n) is 7.18. The molecule has 1 saturated heterocycles. The Labute approximate surface area is 129 Å². The first kappa shape index (κ1) is 15.9. The van der Waals surface area contributed by atoms with Crippen LogP contribution in [0.2, 0.25) is 0 Å². The van der Waals surface area contributed by atoms with Gasteiger partial charge in [0.2, 0.25) is 5.91 Å². The van der Waals surface area contributed by atoms with Crippen molar-refractivity contribution in [2.45, 2.75) is 19.4 Å². The van der Waals surface area contributed by atoms with Gasteiger partial charge in [-0.3, -0.25) is 9.59 Å². The number of thioether (sulfide) groups is 1. The van der Waals surface area contributed by atoms with Crippen LogP contribution in [0.15, 0.2) is 24.3 Å². The van der Waals surface area contributed by atoms with E-state index in [2.05, 4.69) is 16.0 Å². The van der Waals surface area contributed by atoms with Crippen LogP contribution in [-0.2, 0) is 4.79 Å². The first-order valence-corrected chi connectivity index (χ1v) is 8.33. The van der Waals surface area contributed by atoms with Gasteiger partial charge in [-0.15, -0.1) is 0 Å². The van der Waals surface area contributed by atoms with Crippen LogP contribution in [0.3, 0.4) is 0 Å². The minimum absolute atomic E-state index is 0.0250. The summed E-state index contributed by atoms with van der Waals surface area (Å²) in [7, 11) is 0. The Hall–Kier alpha value is -1.53. The van der Waals surface area contributed by atoms with Crippen LogP contribution in [0.1, 0.15) is 23.7 Å². The number of nitrogens with one attached hydrogen (secondary N) is 3. The molecule has 1 atom stereocenters. The van der Waals surface area contributed by atoms with Gasteiger partial charge in [0.25, 0.3) is 5.91 Å². The van der Waals surface area contributed by atoms with E-state index in [-0.39, 0.29) is 17.9 Å². The van der Waals surface area contributed by atoms with Crippen molar-refractivity contribution in [3.63, 3.8) is 0 Å². The Morgan fingerprint density at radius 1 is 1.43 bits per heavy atom. The second-order valence-electron chi connectivity index (χ2n) is 4.92. The van der Waals surface area contributed by atoms with Crippen LogP contribution in [0.4, 0.5) is 5.69 Å². The molecule has 21 heavy (non-hydrogen) atoms. The van der Waals surface area contributed by atoms with Gasteiger partial charge in [0.1, 0.15) is 0 Å². The first-order chi connectivity index (χ1) is 10.2. The molecular formula is C15H21N3O2S. The van der Waals surface area contributed by atoms with Gasteiger partial charge < -0.3 is 16.0 Å². The van der Waals surface area contributed by atoms with Gasteiger partial charge in [-0.05, 0) is 25.1 Å². The predicted molar refractivity (Wildman–Crippen MR) is 86.8 cm³/mol. The number of carbonyl (C=O) groups excluding carboxylic acids is 2. The summed E-state index contributed by atoms with van der Waals surface area (Å²) in [4.78, 5) is 23.8. The maximum atomic E-state index is 12.0. The van der Waals surface area contributed by atoms with Crippen molar-refractivity contribution >= 4 is 29.3 Å². The average molecular weight is 307 g/mol. The standard InChI is InChI=1S/C15H21N3O2S/c1-2-16-15(20)11-4-3-5-12(8-11)18-14(19)9-13-10-21-7-6-17-13/h3-5,8,13,17H,2,6-7,9-10H2,1H3,(H,16,20)(H,18,19). The number of hydrogen-bond acceptors (Lipinski definition) is 4. The van der Waals surface area contributed by atoms with Crippen LogP contribution in [0, 0.1) is 0 Å². The highest BCUT2D eigenvalue weighted by molar-refractivity contribution is 7.99. The van der Waals surface area contributed by atoms with Gasteiger partial charge >= 0.3 is 0 Å². The van der Waals surface area contributed by atoms with E-state index in [9.17, 15) is 9.59 Å². The molecule has 2 amide bonds. The summed E-state index contributed by atoms with van der Waals surface area (Å²) in [6.07, 6.45) is 0.457. The van der Waals surface area contributed by atoms with Gasteiger partial charge in [-0.2, -0.15) is 11.8 Å². The third-order valence-electron chi connectivity index (χ3n) is 3.18. The molecule has 5 nitrogen and oxygen atoms in total. The van der Waals surface area contributed by atoms with E-state index in [0.717, 1.165) is 18.1 Å². The van der Waals surface area contributed by atoms with Crippen molar-refractivity contribution in [3.05, 3.63) is 29.8 Å². The zero-order valence-electron chi connectivity index (χ0n) is 12.1. The second kappa shape index (κ2) is 8.05. The number of anilines is 1. The summed E-state index contributed by atoms with van der Waals surface area (Å²) in [5.74, 6) is 1.92. The van der Waals surface area contributed by atoms with Crippen LogP contribution in [0.5, 0.6) is 0 Å². The molecule has 1 aliphatic heterocycles. The normalized spacial score (nSPS) is 18.0. The van der Waals surface area contributed by atoms with Crippen molar-refractivity contribution in [2.75, 3.05) is 29.9 Å². The van der Waals surface area contributed by atoms with Crippen molar-refractivity contribution in [3.8, 4) is 0 Å². The summed E-state index contributed by atoms with van der Waals surface area (Å²) < 4.78 is 0. The summed E-state index contributed by atoms with van der Waals surface area (Å²) >= 11 is 1.87. The molecule has 1 unspecified atom stereocenters. The van der Waals surface area contributed by atoms with Crippen molar-refractivity contribution in [1.82, 2.24) is 10.6 Å². The van der Waals surface area contributed by atoms with Crippen LogP contribution < -0.4 is 16.0 Å². The lowest BCUT2D eigenvalue weighted by molar-refractivity contribution is -0.116. The topological polar surface area (TPSA) is 70.2 Å². The molecule has 6 heteroatoms. The molecule has 0 aromatic heterocycles. The van der Waals surface area contributed by atoms with Crippen LogP contribution >= 0.6 is 11.8 Å². The smallest absolute Gasteiger partial charge is 0.251 e. The monoisotopic (exact) mass is 307 g/mol. The maximum absolute atomic E-state index is 12.0. The van der Waals surface area contributed by atoms with Gasteiger partial charge in [0.05, 0.1) is 0 Å². The predicted octanol–water partition coefficient (Wildman–Crippen LogP) is 1.47. The molecule has 1 heterocycles. The molecule has 1 aromatic rings. The minimum atomic E-state index is -0.126. The summed E-state index contributed by atoms with van der Waals surface area (Å²) in [6, 6.07) is 7.24. The van der Waals surface area contributed by atoms with E-state index in [0.29, 0.717) is 24.2 Å². The minimum Gasteiger partial charge on any atom is -0.352 e. The van der Waals surface area contributed by atoms with E-state index in [4.69, 9.17) is 0 Å². The largest absolute Gasteiger partial charge is 0.352 e. The molecule has 0 bridgehead atoms. The molecule has 3 N–H and O–H groups in total. The lowest BCUT2D eigenvalue weighted by Gasteiger charge is -2.22. The molecule has 1 fully saturated rings. The van der Waals surface area contributed by atoms with E-state index in [1.807, 2.05) is 18.7 Å². The zero-order valence-corrected chi connectivity index (χ0v) is 13.0. The molecule has 0 saturated carbocycles. The van der Waals surface area contributed by atoms with Gasteiger partial charge in [-0.25, -0.2) is 0 Å². The number of rotatable bonds is 5. The fraction of sp³-hybridized carbons (Fsp3) is 0.467. The summed E-state index contributed by atoms with van der Waals surface area (Å²) in [6.45, 7) is 3.41. The van der Waals surface area contributed by atoms with E-state index in [1.54, 1.807) is 24.3 Å². The van der Waals surface area contributed by atoms with Crippen molar-refractivity contribution < 1.29 is 9.59 Å². The Morgan fingerprint density at radius 2 is 2.29 bits per heavy atom. The molecule has 2 rings (SSSR count). The molecule has 0 aliphatic carbocycles. The zero-order chi connectivity index (χ0) is 15.1. The number of benzene rings is 1. The highest BCUT2D eigenvalue weighted by Crippen LogP contribution is 2.14. The van der Waals surface area contributed by atoms with Crippen molar-refractivity contribution in [1.29, 1.82) is 0 Å². The summed E-state index contributed by atoms with van der Waals surface area (Å²) in [5, 5.41) is 8.94. The molecular weight excluding hydrogens is 286 g/mol. The SMILES string of the molecule is CCNC(=O)c1cccc(NC(=O)CC2CSCCN2)c1. The van der Waals surface area contributed by atoms with Crippen LogP contribution in [-0.4, -0.2) is 42.5 Å². The Balaban J connectivity index is 1.91. The van der Waals surface area contributed by atoms with Gasteiger partial charge in [0.15, 0.2) is 0 Å². The fourth-order valence-electron chi connectivity index (χ4n) is 2.19. The van der Waals surface area contributed by atoms with E-state index < -0.39 is 0 Å².